The van der Waals surface area contributed by atoms with E-state index >= 15 is 0 Å². The Morgan fingerprint density at radius 2 is 1.52 bits per heavy atom. The number of hydrogen-bond acceptors (Lipinski definition) is 11. The molecule has 0 aliphatic rings. The number of hydrogen-bond donors (Lipinski definition) is 1. The van der Waals surface area contributed by atoms with Crippen LogP contribution in [-0.4, -0.2) is 69.2 Å². The molecule has 0 bridgehead atoms. The molecule has 50 heavy (non-hydrogen) atoms. The van der Waals surface area contributed by atoms with Crippen LogP contribution in [0.25, 0.3) is 0 Å². The average molecular weight is 731 g/mol. The summed E-state index contributed by atoms with van der Waals surface area (Å²) in [5, 5.41) is 10.3. The molecule has 1 aromatic heterocycles. The molecule has 0 amide bonds. The molecule has 0 fully saturated rings. The smallest absolute Gasteiger partial charge is 0.332 e. The predicted octanol–water partition coefficient (Wildman–Crippen LogP) is 6.59. The SMILES string of the molecule is CC(C)(C)OC(=O)COCCCOCCCCCOc1c(Cl)cc(C(C)(C)c2ccc(OCc3cnc(NS(C)(=O)=O)nc3)cc2)cc1C#N. The number of esters is 1. The number of anilines is 1. The van der Waals surface area contributed by atoms with Gasteiger partial charge >= 0.3 is 5.97 Å². The van der Waals surface area contributed by atoms with Gasteiger partial charge in [-0.3, -0.25) is 4.72 Å². The molecule has 0 saturated heterocycles. The lowest BCUT2D eigenvalue weighted by Crippen LogP contribution is -2.26. The van der Waals surface area contributed by atoms with Crippen molar-refractivity contribution < 1.29 is 36.9 Å². The van der Waals surface area contributed by atoms with Crippen molar-refractivity contribution in [1.29, 1.82) is 5.26 Å². The van der Waals surface area contributed by atoms with Gasteiger partial charge in [0.1, 0.15) is 30.6 Å². The largest absolute Gasteiger partial charge is 0.491 e. The van der Waals surface area contributed by atoms with Gasteiger partial charge in [0.25, 0.3) is 0 Å². The number of carbonyl (C=O) groups is 1. The highest BCUT2D eigenvalue weighted by Gasteiger charge is 2.26. The zero-order valence-electron chi connectivity index (χ0n) is 29.6. The van der Waals surface area contributed by atoms with Crippen LogP contribution in [0.5, 0.6) is 11.5 Å². The van der Waals surface area contributed by atoms with Gasteiger partial charge in [-0.1, -0.05) is 37.6 Å². The summed E-state index contributed by atoms with van der Waals surface area (Å²) in [7, 11) is -3.46. The second kappa shape index (κ2) is 18.9. The van der Waals surface area contributed by atoms with Gasteiger partial charge in [-0.2, -0.15) is 5.26 Å². The number of carbonyl (C=O) groups excluding carboxylic acids is 1. The van der Waals surface area contributed by atoms with Crippen LogP contribution in [0.3, 0.4) is 0 Å². The standard InChI is InChI=1S/C36H47ClN4O8S/c1-35(2,3)49-32(42)25-46-17-10-16-45-15-8-7-9-18-47-33-27(21-38)19-29(20-31(33)37)36(4,5)28-11-13-30(14-12-28)48-24-26-22-39-34(40-23-26)41-50(6,43)44/h11-14,19-20,22-23H,7-10,15-18,24-25H2,1-6H3,(H,39,40,41). The summed E-state index contributed by atoms with van der Waals surface area (Å²) in [6.07, 6.45) is 7.25. The summed E-state index contributed by atoms with van der Waals surface area (Å²) in [6, 6.07) is 13.5. The number of rotatable bonds is 20. The Bertz CT molecular complexity index is 1690. The first-order valence-corrected chi connectivity index (χ1v) is 18.6. The number of benzene rings is 2. The first-order chi connectivity index (χ1) is 23.6. The molecule has 2 aromatic carbocycles. The van der Waals surface area contributed by atoms with Crippen LogP contribution >= 0.6 is 11.6 Å². The maximum Gasteiger partial charge on any atom is 0.332 e. The molecule has 1 N–H and O–H groups in total. The first-order valence-electron chi connectivity index (χ1n) is 16.3. The second-order valence-corrected chi connectivity index (χ2v) is 15.3. The van der Waals surface area contributed by atoms with E-state index in [9.17, 15) is 18.5 Å². The molecule has 3 aromatic rings. The van der Waals surface area contributed by atoms with E-state index in [-0.39, 0.29) is 25.1 Å². The normalized spacial score (nSPS) is 11.9. The number of nitrogens with zero attached hydrogens (tertiary/aromatic N) is 3. The minimum Gasteiger partial charge on any atom is -0.491 e. The van der Waals surface area contributed by atoms with Crippen LogP contribution in [0.2, 0.25) is 5.02 Å². The zero-order chi connectivity index (χ0) is 36.8. The highest BCUT2D eigenvalue weighted by atomic mass is 35.5. The monoisotopic (exact) mass is 730 g/mol. The quantitative estimate of drug-likeness (QED) is 0.0987. The van der Waals surface area contributed by atoms with E-state index in [4.69, 9.17) is 35.3 Å². The summed E-state index contributed by atoms with van der Waals surface area (Å²) < 4.78 is 52.9. The van der Waals surface area contributed by atoms with Crippen molar-refractivity contribution in [2.45, 2.75) is 77.9 Å². The van der Waals surface area contributed by atoms with Crippen molar-refractivity contribution in [3.05, 3.63) is 76.1 Å². The van der Waals surface area contributed by atoms with E-state index in [0.717, 1.165) is 36.6 Å². The number of unbranched alkanes of at least 4 members (excludes halogenated alkanes) is 2. The van der Waals surface area contributed by atoms with Crippen LogP contribution in [0.1, 0.15) is 82.6 Å². The van der Waals surface area contributed by atoms with E-state index in [2.05, 4.69) is 34.6 Å². The molecule has 3 rings (SSSR count). The number of halogens is 1. The van der Waals surface area contributed by atoms with Gasteiger partial charge in [0.15, 0.2) is 5.75 Å². The maximum atomic E-state index is 11.6. The van der Waals surface area contributed by atoms with Crippen LogP contribution < -0.4 is 14.2 Å². The number of aromatic nitrogens is 2. The molecule has 0 aliphatic heterocycles. The van der Waals surface area contributed by atoms with Crippen molar-refractivity contribution in [1.82, 2.24) is 9.97 Å². The number of ether oxygens (including phenoxy) is 5. The van der Waals surface area contributed by atoms with Crippen LogP contribution in [-0.2, 0) is 41.1 Å². The van der Waals surface area contributed by atoms with E-state index in [1.165, 1.54) is 12.4 Å². The molecule has 0 radical (unpaired) electrons. The predicted molar refractivity (Wildman–Crippen MR) is 191 cm³/mol. The zero-order valence-corrected chi connectivity index (χ0v) is 31.2. The first kappa shape index (κ1) is 40.5. The fourth-order valence-electron chi connectivity index (χ4n) is 4.68. The van der Waals surface area contributed by atoms with Crippen molar-refractivity contribution >= 4 is 33.5 Å². The molecule has 0 unspecified atom stereocenters. The third-order valence-electron chi connectivity index (χ3n) is 7.25. The molecule has 14 heteroatoms. The molecule has 0 spiro atoms. The van der Waals surface area contributed by atoms with E-state index in [1.807, 2.05) is 57.2 Å². The number of nitrogens with one attached hydrogen (secondary N) is 1. The summed E-state index contributed by atoms with van der Waals surface area (Å²) in [5.41, 5.74) is 1.91. The number of sulfonamides is 1. The van der Waals surface area contributed by atoms with E-state index in [0.29, 0.717) is 60.5 Å². The van der Waals surface area contributed by atoms with Gasteiger partial charge < -0.3 is 23.7 Å². The Balaban J connectivity index is 1.41. The number of nitriles is 1. The molecule has 12 nitrogen and oxygen atoms in total. The maximum absolute atomic E-state index is 11.6. The fourth-order valence-corrected chi connectivity index (χ4v) is 5.39. The lowest BCUT2D eigenvalue weighted by molar-refractivity contribution is -0.160. The molecule has 0 aliphatic carbocycles. The highest BCUT2D eigenvalue weighted by Crippen LogP contribution is 2.38. The molecular weight excluding hydrogens is 684 g/mol. The second-order valence-electron chi connectivity index (χ2n) is 13.2. The van der Waals surface area contributed by atoms with Crippen molar-refractivity contribution in [2.24, 2.45) is 0 Å². The summed E-state index contributed by atoms with van der Waals surface area (Å²) in [5.74, 6) is 0.634. The third kappa shape index (κ3) is 14.1. The fraction of sp³-hybridized carbons (Fsp3) is 0.500. The third-order valence-corrected chi connectivity index (χ3v) is 8.08. The lowest BCUT2D eigenvalue weighted by atomic mass is 9.77. The van der Waals surface area contributed by atoms with Gasteiger partial charge in [-0.15, -0.1) is 0 Å². The van der Waals surface area contributed by atoms with Crippen LogP contribution in [0, 0.1) is 11.3 Å². The minimum absolute atomic E-state index is 0.00542. The Labute approximate surface area is 300 Å². The van der Waals surface area contributed by atoms with E-state index in [1.54, 1.807) is 0 Å². The van der Waals surface area contributed by atoms with Gasteiger partial charge in [0, 0.05) is 43.2 Å². The van der Waals surface area contributed by atoms with Crippen LogP contribution in [0.15, 0.2) is 48.8 Å². The van der Waals surface area contributed by atoms with Crippen molar-refractivity contribution in [2.75, 3.05) is 44.0 Å². The summed E-state index contributed by atoms with van der Waals surface area (Å²) in [6.45, 7) is 11.7. The lowest BCUT2D eigenvalue weighted by Gasteiger charge is -2.27. The van der Waals surface area contributed by atoms with Gasteiger partial charge in [0.05, 0.1) is 23.4 Å². The van der Waals surface area contributed by atoms with Gasteiger partial charge in [-0.25, -0.2) is 23.2 Å². The van der Waals surface area contributed by atoms with Crippen molar-refractivity contribution in [3.8, 4) is 17.6 Å². The Morgan fingerprint density at radius 1 is 0.880 bits per heavy atom. The average Bonchev–Trinajstić information content (AvgIpc) is 3.04. The molecule has 272 valence electrons. The Morgan fingerprint density at radius 3 is 2.16 bits per heavy atom. The summed E-state index contributed by atoms with van der Waals surface area (Å²) >= 11 is 6.66. The summed E-state index contributed by atoms with van der Waals surface area (Å²) in [4.78, 5) is 19.6. The molecular formula is C36H47ClN4O8S. The Kier molecular flexibility index (Phi) is 15.3. The van der Waals surface area contributed by atoms with Crippen LogP contribution in [0.4, 0.5) is 5.95 Å². The highest BCUT2D eigenvalue weighted by molar-refractivity contribution is 7.91. The van der Waals surface area contributed by atoms with Crippen molar-refractivity contribution in [3.63, 3.8) is 0 Å². The topological polar surface area (TPSA) is 159 Å². The van der Waals surface area contributed by atoms with Gasteiger partial charge in [-0.05, 0) is 81.8 Å². The van der Waals surface area contributed by atoms with Gasteiger partial charge in [0.2, 0.25) is 16.0 Å². The Hall–Kier alpha value is -3.96. The minimum atomic E-state index is -3.46. The molecule has 0 atom stereocenters. The molecule has 0 saturated carbocycles. The van der Waals surface area contributed by atoms with E-state index < -0.39 is 21.0 Å². The molecule has 1 heterocycles.